The van der Waals surface area contributed by atoms with E-state index in [1.807, 2.05) is 79.2 Å². The molecule has 46 heavy (non-hydrogen) atoms. The Bertz CT molecular complexity index is 2140. The van der Waals surface area contributed by atoms with Gasteiger partial charge in [0.05, 0.1) is 65.3 Å². The Kier molecular flexibility index (Phi) is 7.84. The van der Waals surface area contributed by atoms with Crippen LogP contribution in [0.4, 0.5) is 22.7 Å². The van der Waals surface area contributed by atoms with Crippen LogP contribution in [0.1, 0.15) is 40.7 Å². The first-order valence-corrected chi connectivity index (χ1v) is 15.7. The lowest BCUT2D eigenvalue weighted by Crippen LogP contribution is -1.96. The average Bonchev–Trinajstić information content (AvgIpc) is 3.60. The molecule has 0 spiro atoms. The molecule has 0 unspecified atom stereocenters. The highest BCUT2D eigenvalue weighted by Crippen LogP contribution is 2.44. The zero-order valence-corrected chi connectivity index (χ0v) is 26.9. The molecule has 7 nitrogen and oxygen atoms in total. The second kappa shape index (κ2) is 12.3. The maximum atomic E-state index is 6.35. The number of ether oxygens (including phenoxy) is 2. The number of halogens is 1. The first-order chi connectivity index (χ1) is 22.5. The van der Waals surface area contributed by atoms with E-state index >= 15 is 0 Å². The van der Waals surface area contributed by atoms with Crippen LogP contribution in [0.15, 0.2) is 88.8 Å². The lowest BCUT2D eigenvalue weighted by atomic mass is 9.96. The Balaban J connectivity index is 1.55. The summed E-state index contributed by atoms with van der Waals surface area (Å²) in [6, 6.07) is 25.9. The summed E-state index contributed by atoms with van der Waals surface area (Å²) in [6.07, 6.45) is 5.31. The molecule has 6 aromatic rings. The topological polar surface area (TPSA) is 86.8 Å². The lowest BCUT2D eigenvalue weighted by Gasteiger charge is -2.13. The fourth-order valence-electron chi connectivity index (χ4n) is 6.37. The zero-order valence-electron chi connectivity index (χ0n) is 26.2. The molecular weight excluding hydrogens is 594 g/mol. The SMILES string of the molecule is CCc1c2[nH]c(c1C)C=Nc1ccccc1Nc1ccccc1N=Cc1c(OC)cc(OC)c3c(-c4ccc(Cl)cc4)c([nH]c13)C2. The highest BCUT2D eigenvalue weighted by Gasteiger charge is 2.24. The van der Waals surface area contributed by atoms with Crippen molar-refractivity contribution in [2.75, 3.05) is 19.5 Å². The summed E-state index contributed by atoms with van der Waals surface area (Å²) in [5, 5.41) is 5.20. The van der Waals surface area contributed by atoms with Gasteiger partial charge in [0, 0.05) is 40.7 Å². The Labute approximate surface area is 273 Å². The van der Waals surface area contributed by atoms with Crippen LogP contribution in [-0.2, 0) is 12.8 Å². The van der Waals surface area contributed by atoms with Crippen molar-refractivity contribution >= 4 is 57.7 Å². The van der Waals surface area contributed by atoms with E-state index in [4.69, 9.17) is 31.1 Å². The lowest BCUT2D eigenvalue weighted by molar-refractivity contribution is 0.397. The molecule has 0 amide bonds. The fourth-order valence-corrected chi connectivity index (χ4v) is 6.50. The van der Waals surface area contributed by atoms with Crippen LogP contribution in [0, 0.1) is 6.92 Å². The summed E-state index contributed by atoms with van der Waals surface area (Å²) in [4.78, 5) is 17.5. The number of aromatic amines is 2. The van der Waals surface area contributed by atoms with Gasteiger partial charge in [0.2, 0.25) is 0 Å². The van der Waals surface area contributed by atoms with E-state index in [-0.39, 0.29) is 0 Å². The molecule has 0 saturated carbocycles. The predicted molar refractivity (Wildman–Crippen MR) is 190 cm³/mol. The summed E-state index contributed by atoms with van der Waals surface area (Å²) in [5.41, 5.74) is 12.7. The highest BCUT2D eigenvalue weighted by atomic mass is 35.5. The maximum Gasteiger partial charge on any atom is 0.133 e. The number of methoxy groups -OCH3 is 2. The van der Waals surface area contributed by atoms with Crippen LogP contribution in [0.25, 0.3) is 22.0 Å². The summed E-state index contributed by atoms with van der Waals surface area (Å²) in [7, 11) is 3.36. The number of nitrogens with one attached hydrogen (secondary N) is 3. The third kappa shape index (κ3) is 5.22. The number of fused-ring (bicyclic) bond motifs is 5. The monoisotopic (exact) mass is 627 g/mol. The summed E-state index contributed by atoms with van der Waals surface area (Å²) >= 11 is 6.35. The van der Waals surface area contributed by atoms with Crippen molar-refractivity contribution in [2.24, 2.45) is 9.98 Å². The van der Waals surface area contributed by atoms with Gasteiger partial charge in [-0.3, -0.25) is 9.98 Å². The second-order valence-corrected chi connectivity index (χ2v) is 11.7. The van der Waals surface area contributed by atoms with Gasteiger partial charge in [0.1, 0.15) is 11.5 Å². The number of hydrogen-bond acceptors (Lipinski definition) is 5. The van der Waals surface area contributed by atoms with E-state index < -0.39 is 0 Å². The van der Waals surface area contributed by atoms with Gasteiger partial charge in [-0.25, -0.2) is 0 Å². The Hall–Kier alpha value is -5.27. The minimum atomic E-state index is 0.632. The van der Waals surface area contributed by atoms with Gasteiger partial charge in [-0.2, -0.15) is 0 Å². The summed E-state index contributed by atoms with van der Waals surface area (Å²) in [5.74, 6) is 1.36. The number of rotatable bonds is 4. The van der Waals surface area contributed by atoms with Gasteiger partial charge in [-0.05, 0) is 66.4 Å². The highest BCUT2D eigenvalue weighted by molar-refractivity contribution is 6.30. The van der Waals surface area contributed by atoms with Crippen molar-refractivity contribution in [2.45, 2.75) is 26.7 Å². The maximum absolute atomic E-state index is 6.35. The van der Waals surface area contributed by atoms with Crippen molar-refractivity contribution < 1.29 is 9.47 Å². The molecule has 8 heteroatoms. The number of anilines is 2. The minimum Gasteiger partial charge on any atom is -0.496 e. The number of benzene rings is 4. The van der Waals surface area contributed by atoms with E-state index in [2.05, 4.69) is 41.3 Å². The van der Waals surface area contributed by atoms with Crippen LogP contribution in [-0.4, -0.2) is 36.6 Å². The average molecular weight is 628 g/mol. The predicted octanol–water partition coefficient (Wildman–Crippen LogP) is 9.85. The van der Waals surface area contributed by atoms with Crippen LogP contribution in [0.2, 0.25) is 5.02 Å². The number of H-pyrrole nitrogens is 2. The smallest absolute Gasteiger partial charge is 0.133 e. The largest absolute Gasteiger partial charge is 0.496 e. The van der Waals surface area contributed by atoms with Crippen molar-refractivity contribution in [1.29, 1.82) is 0 Å². The first-order valence-electron chi connectivity index (χ1n) is 15.3. The van der Waals surface area contributed by atoms with E-state index in [0.29, 0.717) is 22.9 Å². The van der Waals surface area contributed by atoms with E-state index in [9.17, 15) is 0 Å². The number of nitrogens with zero attached hydrogens (tertiary/aromatic N) is 2. The van der Waals surface area contributed by atoms with Crippen molar-refractivity contribution in [3.05, 3.63) is 118 Å². The van der Waals surface area contributed by atoms with E-state index in [1.165, 1.54) is 11.1 Å². The van der Waals surface area contributed by atoms with E-state index in [1.54, 1.807) is 14.2 Å². The zero-order chi connectivity index (χ0) is 31.8. The molecule has 0 saturated heterocycles. The van der Waals surface area contributed by atoms with Crippen LogP contribution >= 0.6 is 11.6 Å². The normalized spacial score (nSPS) is 12.5. The molecule has 0 radical (unpaired) electrons. The van der Waals surface area contributed by atoms with Crippen molar-refractivity contribution in [1.82, 2.24) is 9.97 Å². The summed E-state index contributed by atoms with van der Waals surface area (Å²) in [6.45, 7) is 4.35. The molecule has 0 aliphatic carbocycles. The van der Waals surface area contributed by atoms with Crippen LogP contribution < -0.4 is 14.8 Å². The molecular formula is C38H34ClN5O2. The third-order valence-corrected chi connectivity index (χ3v) is 8.90. The number of hydrogen-bond donors (Lipinski definition) is 3. The minimum absolute atomic E-state index is 0.632. The molecule has 4 aromatic carbocycles. The van der Waals surface area contributed by atoms with Crippen molar-refractivity contribution in [3.63, 3.8) is 0 Å². The molecule has 3 N–H and O–H groups in total. The standard InChI is InChI=1S/C38H34ClN5O2/c1-5-25-22(2)33-21-41-28-11-7-9-13-30(28)42-29-12-8-6-10-27(29)40-20-26-34(45-3)19-35(46-4)37-36(23-14-16-24(39)17-15-23)32(44-38(26)37)18-31(25)43-33/h6-17,19-21,42-44H,5,18H2,1-4H3. The van der Waals surface area contributed by atoms with Gasteiger partial charge in [-0.1, -0.05) is 54.9 Å². The van der Waals surface area contributed by atoms with Gasteiger partial charge in [0.15, 0.2) is 0 Å². The molecule has 7 rings (SSSR count). The third-order valence-electron chi connectivity index (χ3n) is 8.65. The fraction of sp³-hybridized carbons (Fsp3) is 0.158. The molecule has 0 fully saturated rings. The Morgan fingerprint density at radius 3 is 2.09 bits per heavy atom. The molecule has 4 bridgehead atoms. The van der Waals surface area contributed by atoms with E-state index in [0.717, 1.165) is 73.8 Å². The van der Waals surface area contributed by atoms with Gasteiger partial charge in [-0.15, -0.1) is 0 Å². The van der Waals surface area contributed by atoms with Gasteiger partial charge in [0.25, 0.3) is 0 Å². The molecule has 3 heterocycles. The number of para-hydroxylation sites is 4. The first kappa shape index (κ1) is 29.4. The second-order valence-electron chi connectivity index (χ2n) is 11.3. The molecule has 2 aromatic heterocycles. The summed E-state index contributed by atoms with van der Waals surface area (Å²) < 4.78 is 11.9. The van der Waals surface area contributed by atoms with Gasteiger partial charge >= 0.3 is 0 Å². The molecule has 230 valence electrons. The quantitative estimate of drug-likeness (QED) is 0.181. The molecule has 0 atom stereocenters. The molecule has 1 aliphatic rings. The molecule has 1 aliphatic heterocycles. The number of aromatic nitrogens is 2. The Morgan fingerprint density at radius 2 is 1.43 bits per heavy atom. The van der Waals surface area contributed by atoms with Gasteiger partial charge < -0.3 is 24.8 Å². The van der Waals surface area contributed by atoms with Crippen LogP contribution in [0.5, 0.6) is 11.5 Å². The van der Waals surface area contributed by atoms with Crippen molar-refractivity contribution in [3.8, 4) is 22.6 Å². The Morgan fingerprint density at radius 1 is 0.783 bits per heavy atom. The number of aliphatic imine (C=N–C) groups is 2. The van der Waals surface area contributed by atoms with Crippen LogP contribution in [0.3, 0.4) is 0 Å².